The second-order valence-electron chi connectivity index (χ2n) is 4.08. The number of carbonyl (C=O) groups excluding carboxylic acids is 1. The van der Waals surface area contributed by atoms with Gasteiger partial charge in [0.15, 0.2) is 23.6 Å². The van der Waals surface area contributed by atoms with E-state index in [4.69, 9.17) is 4.74 Å². The zero-order valence-electron chi connectivity index (χ0n) is 10.1. The Hall–Kier alpha value is -2.21. The maximum Gasteiger partial charge on any atom is 0.176 e. The highest BCUT2D eigenvalue weighted by Crippen LogP contribution is 2.32. The van der Waals surface area contributed by atoms with E-state index in [-0.39, 0.29) is 11.3 Å². The summed E-state index contributed by atoms with van der Waals surface area (Å²) in [5.74, 6) is -0.244. The van der Waals surface area contributed by atoms with Crippen molar-refractivity contribution in [3.8, 4) is 11.5 Å². The summed E-state index contributed by atoms with van der Waals surface area (Å²) in [6.45, 7) is 0. The average molecular weight is 335 g/mol. The Morgan fingerprint density at radius 1 is 1.35 bits per heavy atom. The predicted molar refractivity (Wildman–Crippen MR) is 75.7 cm³/mol. The highest BCUT2D eigenvalue weighted by molar-refractivity contribution is 9.10. The van der Waals surface area contributed by atoms with Gasteiger partial charge in [0.25, 0.3) is 0 Å². The monoisotopic (exact) mass is 334 g/mol. The summed E-state index contributed by atoms with van der Waals surface area (Å²) in [6, 6.07) is 6.23. The molecule has 6 heteroatoms. The predicted octanol–water partition coefficient (Wildman–Crippen LogP) is 4.07. The van der Waals surface area contributed by atoms with E-state index in [1.54, 1.807) is 18.5 Å². The van der Waals surface area contributed by atoms with Gasteiger partial charge < -0.3 is 9.72 Å². The highest BCUT2D eigenvalue weighted by Gasteiger charge is 2.12. The molecule has 0 bridgehead atoms. The van der Waals surface area contributed by atoms with Crippen LogP contribution >= 0.6 is 15.9 Å². The number of nitrogens with zero attached hydrogens (tertiary/aromatic N) is 1. The first-order chi connectivity index (χ1) is 9.69. The summed E-state index contributed by atoms with van der Waals surface area (Å²) in [6.07, 6.45) is 3.70. The van der Waals surface area contributed by atoms with Crippen molar-refractivity contribution in [3.63, 3.8) is 0 Å². The molecule has 0 saturated carbocycles. The number of aromatic amines is 1. The van der Waals surface area contributed by atoms with Gasteiger partial charge in [0.2, 0.25) is 0 Å². The van der Waals surface area contributed by atoms with Gasteiger partial charge in [0.1, 0.15) is 5.65 Å². The third kappa shape index (κ3) is 2.18. The maximum atomic E-state index is 14.0. The number of hydrogen-bond donors (Lipinski definition) is 1. The number of H-pyrrole nitrogens is 1. The number of ether oxygens (including phenoxy) is 1. The van der Waals surface area contributed by atoms with Gasteiger partial charge >= 0.3 is 0 Å². The summed E-state index contributed by atoms with van der Waals surface area (Å²) >= 11 is 3.32. The largest absolute Gasteiger partial charge is 0.452 e. The van der Waals surface area contributed by atoms with Crippen LogP contribution in [0.5, 0.6) is 11.5 Å². The fraction of sp³-hybridized carbons (Fsp3) is 0. The van der Waals surface area contributed by atoms with Crippen molar-refractivity contribution < 1.29 is 13.9 Å². The lowest BCUT2D eigenvalue weighted by molar-refractivity contribution is 0.111. The Morgan fingerprint density at radius 2 is 2.20 bits per heavy atom. The Morgan fingerprint density at radius 3 is 3.00 bits per heavy atom. The van der Waals surface area contributed by atoms with E-state index in [2.05, 4.69) is 25.9 Å². The van der Waals surface area contributed by atoms with Crippen LogP contribution in [-0.4, -0.2) is 16.3 Å². The maximum absolute atomic E-state index is 14.0. The molecule has 3 rings (SSSR count). The Balaban J connectivity index is 2.05. The van der Waals surface area contributed by atoms with E-state index < -0.39 is 5.82 Å². The molecule has 2 aromatic heterocycles. The smallest absolute Gasteiger partial charge is 0.176 e. The third-order valence-corrected chi connectivity index (χ3v) is 3.23. The van der Waals surface area contributed by atoms with Crippen molar-refractivity contribution in [2.45, 2.75) is 0 Å². The number of pyridine rings is 1. The molecule has 0 aliphatic heterocycles. The number of carbonyl (C=O) groups is 1. The fourth-order valence-electron chi connectivity index (χ4n) is 1.85. The van der Waals surface area contributed by atoms with E-state index in [9.17, 15) is 9.18 Å². The number of aldehydes is 1. The van der Waals surface area contributed by atoms with Crippen molar-refractivity contribution in [3.05, 3.63) is 52.5 Å². The summed E-state index contributed by atoms with van der Waals surface area (Å²) in [5, 5.41) is 0.718. The molecule has 0 atom stereocenters. The van der Waals surface area contributed by atoms with Gasteiger partial charge in [-0.1, -0.05) is 6.07 Å². The minimum absolute atomic E-state index is 0.00419. The Labute approximate surface area is 121 Å². The molecule has 0 aliphatic rings. The van der Waals surface area contributed by atoms with Crippen LogP contribution in [0.4, 0.5) is 4.39 Å². The molecule has 0 radical (unpaired) electrons. The minimum Gasteiger partial charge on any atom is -0.452 e. The second kappa shape index (κ2) is 5.05. The topological polar surface area (TPSA) is 55.0 Å². The molecule has 100 valence electrons. The lowest BCUT2D eigenvalue weighted by Crippen LogP contribution is -1.92. The van der Waals surface area contributed by atoms with Crippen LogP contribution in [0, 0.1) is 5.82 Å². The minimum atomic E-state index is -0.681. The first-order valence-corrected chi connectivity index (χ1v) is 6.52. The first kappa shape index (κ1) is 12.8. The molecule has 1 N–H and O–H groups in total. The fourth-order valence-corrected chi connectivity index (χ4v) is 2.19. The van der Waals surface area contributed by atoms with E-state index in [0.29, 0.717) is 17.7 Å². The summed E-state index contributed by atoms with van der Waals surface area (Å²) in [7, 11) is 0. The van der Waals surface area contributed by atoms with Crippen molar-refractivity contribution >= 4 is 33.2 Å². The quantitative estimate of drug-likeness (QED) is 0.734. The number of benzene rings is 1. The molecular formula is C14H8BrFN2O2. The number of rotatable bonds is 3. The molecule has 0 amide bonds. The SMILES string of the molecule is O=Cc1cccc(Oc2c[nH]c3ncc(Br)cc23)c1F. The average Bonchev–Trinajstić information content (AvgIpc) is 2.83. The Bertz CT molecular complexity index is 801. The number of halogens is 2. The number of aromatic nitrogens is 2. The molecule has 3 aromatic rings. The van der Waals surface area contributed by atoms with Gasteiger partial charge in [-0.3, -0.25) is 4.79 Å². The van der Waals surface area contributed by atoms with Crippen LogP contribution < -0.4 is 4.74 Å². The van der Waals surface area contributed by atoms with Gasteiger partial charge in [-0.25, -0.2) is 9.37 Å². The normalized spacial score (nSPS) is 10.7. The van der Waals surface area contributed by atoms with Crippen LogP contribution in [-0.2, 0) is 0 Å². The zero-order valence-corrected chi connectivity index (χ0v) is 11.6. The van der Waals surface area contributed by atoms with Gasteiger partial charge in [-0.05, 0) is 34.1 Å². The summed E-state index contributed by atoms with van der Waals surface area (Å²) in [5.41, 5.74) is 0.594. The van der Waals surface area contributed by atoms with E-state index in [1.165, 1.54) is 12.1 Å². The van der Waals surface area contributed by atoms with Crippen LogP contribution in [0.15, 0.2) is 41.1 Å². The number of hydrogen-bond acceptors (Lipinski definition) is 3. The van der Waals surface area contributed by atoms with Gasteiger partial charge in [-0.2, -0.15) is 0 Å². The van der Waals surface area contributed by atoms with Crippen molar-refractivity contribution in [1.29, 1.82) is 0 Å². The molecule has 0 aliphatic carbocycles. The zero-order chi connectivity index (χ0) is 14.1. The summed E-state index contributed by atoms with van der Waals surface area (Å²) in [4.78, 5) is 17.8. The molecular weight excluding hydrogens is 327 g/mol. The van der Waals surface area contributed by atoms with Gasteiger partial charge in [0.05, 0.1) is 10.9 Å². The lowest BCUT2D eigenvalue weighted by atomic mass is 10.2. The van der Waals surface area contributed by atoms with Crippen LogP contribution in [0.1, 0.15) is 10.4 Å². The molecule has 20 heavy (non-hydrogen) atoms. The second-order valence-corrected chi connectivity index (χ2v) is 5.00. The third-order valence-electron chi connectivity index (χ3n) is 2.80. The highest BCUT2D eigenvalue weighted by atomic mass is 79.9. The first-order valence-electron chi connectivity index (χ1n) is 5.73. The molecule has 4 nitrogen and oxygen atoms in total. The van der Waals surface area contributed by atoms with Crippen LogP contribution in [0.25, 0.3) is 11.0 Å². The van der Waals surface area contributed by atoms with E-state index in [0.717, 1.165) is 9.86 Å². The molecule has 1 aromatic carbocycles. The molecule has 0 unspecified atom stereocenters. The molecule has 0 spiro atoms. The standard InChI is InChI=1S/C14H8BrFN2O2/c15-9-4-10-12(6-18-14(10)17-5-9)20-11-3-1-2-8(7-19)13(11)16/h1-7H,(H,17,18). The number of nitrogens with one attached hydrogen (secondary N) is 1. The summed E-state index contributed by atoms with van der Waals surface area (Å²) < 4.78 is 20.3. The van der Waals surface area contributed by atoms with Crippen molar-refractivity contribution in [2.75, 3.05) is 0 Å². The molecule has 0 saturated heterocycles. The molecule has 0 fully saturated rings. The van der Waals surface area contributed by atoms with Crippen molar-refractivity contribution in [1.82, 2.24) is 9.97 Å². The molecule has 2 heterocycles. The number of fused-ring (bicyclic) bond motifs is 1. The van der Waals surface area contributed by atoms with Crippen LogP contribution in [0.2, 0.25) is 0 Å². The lowest BCUT2D eigenvalue weighted by Gasteiger charge is -2.06. The van der Waals surface area contributed by atoms with E-state index >= 15 is 0 Å². The Kier molecular flexibility index (Phi) is 3.23. The van der Waals surface area contributed by atoms with E-state index in [1.807, 2.05) is 6.07 Å². The van der Waals surface area contributed by atoms with Crippen molar-refractivity contribution in [2.24, 2.45) is 0 Å². The van der Waals surface area contributed by atoms with Gasteiger partial charge in [0, 0.05) is 16.9 Å². The van der Waals surface area contributed by atoms with Gasteiger partial charge in [-0.15, -0.1) is 0 Å². The van der Waals surface area contributed by atoms with Crippen LogP contribution in [0.3, 0.4) is 0 Å².